The highest BCUT2D eigenvalue weighted by molar-refractivity contribution is 5.24. The minimum atomic E-state index is 0.336. The monoisotopic (exact) mass is 293 g/mol. The van der Waals surface area contributed by atoms with Crippen molar-refractivity contribution in [3.63, 3.8) is 0 Å². The van der Waals surface area contributed by atoms with Crippen molar-refractivity contribution in [2.45, 2.75) is 44.4 Å². The van der Waals surface area contributed by atoms with Crippen LogP contribution in [0.3, 0.4) is 0 Å². The zero-order valence-corrected chi connectivity index (χ0v) is 13.1. The number of hydrogen-bond donors (Lipinski definition) is 0. The molecule has 2 fully saturated rings. The Kier molecular flexibility index (Phi) is 3.73. The lowest BCUT2D eigenvalue weighted by Gasteiger charge is -2.27. The van der Waals surface area contributed by atoms with E-state index < -0.39 is 0 Å². The van der Waals surface area contributed by atoms with Crippen molar-refractivity contribution in [3.05, 3.63) is 71.8 Å². The molecule has 22 heavy (non-hydrogen) atoms. The molecule has 1 aliphatic heterocycles. The van der Waals surface area contributed by atoms with Gasteiger partial charge in [-0.05, 0) is 30.9 Å². The summed E-state index contributed by atoms with van der Waals surface area (Å²) in [6.45, 7) is 3.12. The van der Waals surface area contributed by atoms with Crippen LogP contribution < -0.4 is 0 Å². The summed E-state index contributed by atoms with van der Waals surface area (Å²) in [6.07, 6.45) is 2.89. The number of hydrogen-bond acceptors (Lipinski definition) is 2. The SMILES string of the molecule is C[C@H]1ON(Cc2ccccc2)[C@H]2[C@@H]1CC[C@@H]2c1ccccc1. The Morgan fingerprint density at radius 2 is 1.64 bits per heavy atom. The summed E-state index contributed by atoms with van der Waals surface area (Å²) in [5.74, 6) is 1.26. The van der Waals surface area contributed by atoms with E-state index in [1.165, 1.54) is 24.0 Å². The molecule has 0 amide bonds. The molecule has 1 saturated carbocycles. The molecular weight excluding hydrogens is 270 g/mol. The summed E-state index contributed by atoms with van der Waals surface area (Å²) in [5, 5.41) is 2.26. The summed E-state index contributed by atoms with van der Waals surface area (Å²) in [5.41, 5.74) is 2.79. The van der Waals surface area contributed by atoms with Gasteiger partial charge in [0.2, 0.25) is 0 Å². The summed E-state index contributed by atoms with van der Waals surface area (Å²) >= 11 is 0. The fourth-order valence-electron chi connectivity index (χ4n) is 4.27. The number of hydroxylamine groups is 2. The van der Waals surface area contributed by atoms with Gasteiger partial charge < -0.3 is 0 Å². The van der Waals surface area contributed by atoms with Gasteiger partial charge in [-0.15, -0.1) is 0 Å². The Hall–Kier alpha value is -1.64. The molecule has 2 nitrogen and oxygen atoms in total. The van der Waals surface area contributed by atoms with Crippen LogP contribution in [0, 0.1) is 5.92 Å². The van der Waals surface area contributed by atoms with Crippen molar-refractivity contribution < 1.29 is 4.84 Å². The molecule has 0 spiro atoms. The van der Waals surface area contributed by atoms with Crippen molar-refractivity contribution >= 4 is 0 Å². The Morgan fingerprint density at radius 3 is 2.36 bits per heavy atom. The quantitative estimate of drug-likeness (QED) is 0.832. The molecule has 0 bridgehead atoms. The Morgan fingerprint density at radius 1 is 0.955 bits per heavy atom. The molecule has 0 aromatic heterocycles. The summed E-state index contributed by atoms with van der Waals surface area (Å²) < 4.78 is 0. The third-order valence-corrected chi connectivity index (χ3v) is 5.31. The maximum atomic E-state index is 6.22. The van der Waals surface area contributed by atoms with E-state index in [1.54, 1.807) is 0 Å². The second-order valence-electron chi connectivity index (χ2n) is 6.62. The Balaban J connectivity index is 1.60. The van der Waals surface area contributed by atoms with Crippen LogP contribution in [-0.4, -0.2) is 17.2 Å². The molecule has 2 aromatic carbocycles. The lowest BCUT2D eigenvalue weighted by atomic mass is 9.90. The number of fused-ring (bicyclic) bond motifs is 1. The minimum absolute atomic E-state index is 0.336. The second-order valence-corrected chi connectivity index (χ2v) is 6.62. The highest BCUT2D eigenvalue weighted by Crippen LogP contribution is 2.48. The van der Waals surface area contributed by atoms with Crippen molar-refractivity contribution in [3.8, 4) is 0 Å². The van der Waals surface area contributed by atoms with Gasteiger partial charge in [0.05, 0.1) is 6.10 Å². The molecule has 0 unspecified atom stereocenters. The largest absolute Gasteiger partial charge is 0.295 e. The summed E-state index contributed by atoms with van der Waals surface area (Å²) in [6, 6.07) is 22.1. The zero-order valence-electron chi connectivity index (χ0n) is 13.1. The van der Waals surface area contributed by atoms with Crippen LogP contribution in [0.25, 0.3) is 0 Å². The van der Waals surface area contributed by atoms with Gasteiger partial charge in [-0.3, -0.25) is 4.84 Å². The van der Waals surface area contributed by atoms with Crippen LogP contribution in [-0.2, 0) is 11.4 Å². The van der Waals surface area contributed by atoms with Gasteiger partial charge in [0.1, 0.15) is 0 Å². The van der Waals surface area contributed by atoms with E-state index in [0.717, 1.165) is 6.54 Å². The van der Waals surface area contributed by atoms with Gasteiger partial charge in [-0.2, -0.15) is 5.06 Å². The van der Waals surface area contributed by atoms with E-state index in [-0.39, 0.29) is 0 Å². The average molecular weight is 293 g/mol. The Bertz CT molecular complexity index is 612. The van der Waals surface area contributed by atoms with Crippen molar-refractivity contribution in [2.75, 3.05) is 0 Å². The summed E-state index contributed by atoms with van der Waals surface area (Å²) in [4.78, 5) is 6.22. The second kappa shape index (κ2) is 5.86. The predicted octanol–water partition coefficient (Wildman–Crippen LogP) is 4.38. The van der Waals surface area contributed by atoms with E-state index in [1.807, 2.05) is 0 Å². The summed E-state index contributed by atoms with van der Waals surface area (Å²) in [7, 11) is 0. The van der Waals surface area contributed by atoms with E-state index in [9.17, 15) is 0 Å². The molecule has 1 saturated heterocycles. The number of rotatable bonds is 3. The smallest absolute Gasteiger partial charge is 0.0809 e. The van der Waals surface area contributed by atoms with Gasteiger partial charge in [0, 0.05) is 24.4 Å². The molecule has 4 atom stereocenters. The lowest BCUT2D eigenvalue weighted by Crippen LogP contribution is -2.33. The van der Waals surface area contributed by atoms with Gasteiger partial charge in [-0.25, -0.2) is 0 Å². The van der Waals surface area contributed by atoms with E-state index in [0.29, 0.717) is 24.0 Å². The molecule has 0 N–H and O–H groups in total. The molecule has 1 heterocycles. The first-order valence-electron chi connectivity index (χ1n) is 8.35. The van der Waals surface area contributed by atoms with Crippen LogP contribution in [0.1, 0.15) is 36.8 Å². The third-order valence-electron chi connectivity index (χ3n) is 5.31. The maximum Gasteiger partial charge on any atom is 0.0809 e. The van der Waals surface area contributed by atoms with Gasteiger partial charge in [0.25, 0.3) is 0 Å². The normalized spacial score (nSPS) is 31.3. The zero-order chi connectivity index (χ0) is 14.9. The average Bonchev–Trinajstić information content (AvgIpc) is 3.12. The molecule has 4 rings (SSSR count). The van der Waals surface area contributed by atoms with Crippen LogP contribution in [0.15, 0.2) is 60.7 Å². The molecule has 2 aliphatic rings. The lowest BCUT2D eigenvalue weighted by molar-refractivity contribution is -0.169. The van der Waals surface area contributed by atoms with Crippen molar-refractivity contribution in [1.29, 1.82) is 0 Å². The first-order valence-corrected chi connectivity index (χ1v) is 8.35. The van der Waals surface area contributed by atoms with Crippen molar-refractivity contribution in [1.82, 2.24) is 5.06 Å². The van der Waals surface area contributed by atoms with E-state index in [4.69, 9.17) is 4.84 Å². The molecule has 2 aromatic rings. The number of benzene rings is 2. The predicted molar refractivity (Wildman–Crippen MR) is 88.2 cm³/mol. The van der Waals surface area contributed by atoms with Crippen molar-refractivity contribution in [2.24, 2.45) is 5.92 Å². The third kappa shape index (κ3) is 2.47. The minimum Gasteiger partial charge on any atom is -0.295 e. The molecule has 1 aliphatic carbocycles. The fourth-order valence-corrected chi connectivity index (χ4v) is 4.27. The van der Waals surface area contributed by atoms with E-state index in [2.05, 4.69) is 72.7 Å². The van der Waals surface area contributed by atoms with Gasteiger partial charge >= 0.3 is 0 Å². The van der Waals surface area contributed by atoms with Crippen LogP contribution in [0.5, 0.6) is 0 Å². The van der Waals surface area contributed by atoms with Crippen LogP contribution in [0.4, 0.5) is 0 Å². The molecule has 2 heteroatoms. The molecular formula is C20H23NO. The first-order chi connectivity index (χ1) is 10.8. The highest BCUT2D eigenvalue weighted by atomic mass is 16.7. The standard InChI is InChI=1S/C20H23NO/c1-15-18-12-13-19(17-10-6-3-7-11-17)20(18)21(22-15)14-16-8-4-2-5-9-16/h2-11,15,18-20H,12-14H2,1H3/t15-,18-,19-,20+/m1/s1. The Labute approximate surface area is 132 Å². The van der Waals surface area contributed by atoms with E-state index >= 15 is 0 Å². The van der Waals surface area contributed by atoms with Gasteiger partial charge in [-0.1, -0.05) is 60.7 Å². The maximum absolute atomic E-state index is 6.22. The van der Waals surface area contributed by atoms with Gasteiger partial charge in [0.15, 0.2) is 0 Å². The fraction of sp³-hybridized carbons (Fsp3) is 0.400. The van der Waals surface area contributed by atoms with Crippen LogP contribution >= 0.6 is 0 Å². The highest BCUT2D eigenvalue weighted by Gasteiger charge is 2.49. The first kappa shape index (κ1) is 14.0. The topological polar surface area (TPSA) is 12.5 Å². The number of nitrogens with zero attached hydrogens (tertiary/aromatic N) is 1. The molecule has 0 radical (unpaired) electrons. The van der Waals surface area contributed by atoms with Crippen LogP contribution in [0.2, 0.25) is 0 Å². The molecule has 114 valence electrons.